The zero-order valence-electron chi connectivity index (χ0n) is 9.88. The maximum atomic E-state index is 5.85. The van der Waals surface area contributed by atoms with Crippen LogP contribution in [0.4, 0.5) is 11.6 Å². The molecule has 3 aromatic rings. The molecule has 3 nitrogen and oxygen atoms in total. The molecule has 0 saturated heterocycles. The quantitative estimate of drug-likeness (QED) is 0.765. The lowest BCUT2D eigenvalue weighted by atomic mass is 10.3. The van der Waals surface area contributed by atoms with Crippen molar-refractivity contribution in [1.29, 1.82) is 0 Å². The normalized spacial score (nSPS) is 10.4. The van der Waals surface area contributed by atoms with E-state index in [4.69, 9.17) is 11.6 Å². The summed E-state index contributed by atoms with van der Waals surface area (Å²) in [5.41, 5.74) is 1.83. The smallest absolute Gasteiger partial charge is 0.227 e. The van der Waals surface area contributed by atoms with Crippen LogP contribution in [0, 0.1) is 0 Å². The number of benzene rings is 1. The molecular formula is C14H10ClN3S. The monoisotopic (exact) mass is 287 g/mol. The van der Waals surface area contributed by atoms with Gasteiger partial charge in [-0.15, -0.1) is 11.3 Å². The van der Waals surface area contributed by atoms with Crippen LogP contribution < -0.4 is 5.32 Å². The summed E-state index contributed by atoms with van der Waals surface area (Å²) in [6.07, 6.45) is 1.75. The van der Waals surface area contributed by atoms with E-state index in [2.05, 4.69) is 15.3 Å². The summed E-state index contributed by atoms with van der Waals surface area (Å²) in [7, 11) is 0. The molecule has 3 rings (SSSR count). The van der Waals surface area contributed by atoms with E-state index in [0.29, 0.717) is 11.0 Å². The largest absolute Gasteiger partial charge is 0.324 e. The number of hydrogen-bond acceptors (Lipinski definition) is 4. The molecule has 2 aromatic heterocycles. The number of thiophene rings is 1. The van der Waals surface area contributed by atoms with E-state index in [1.807, 2.05) is 47.8 Å². The Balaban J connectivity index is 1.85. The maximum Gasteiger partial charge on any atom is 0.227 e. The summed E-state index contributed by atoms with van der Waals surface area (Å²) in [6, 6.07) is 13.4. The van der Waals surface area contributed by atoms with Crippen LogP contribution in [0.3, 0.4) is 0 Å². The minimum Gasteiger partial charge on any atom is -0.324 e. The third-order valence-corrected chi connectivity index (χ3v) is 3.67. The van der Waals surface area contributed by atoms with E-state index >= 15 is 0 Å². The fourth-order valence-electron chi connectivity index (χ4n) is 1.64. The van der Waals surface area contributed by atoms with Crippen LogP contribution in [0.25, 0.3) is 10.6 Å². The molecule has 0 atom stereocenters. The Labute approximate surface area is 119 Å². The molecule has 19 heavy (non-hydrogen) atoms. The first kappa shape index (κ1) is 12.1. The van der Waals surface area contributed by atoms with Gasteiger partial charge in [0.05, 0.1) is 10.6 Å². The number of hydrogen-bond donors (Lipinski definition) is 1. The van der Waals surface area contributed by atoms with E-state index in [-0.39, 0.29) is 0 Å². The highest BCUT2D eigenvalue weighted by atomic mass is 35.5. The van der Waals surface area contributed by atoms with E-state index in [0.717, 1.165) is 16.3 Å². The van der Waals surface area contributed by atoms with Gasteiger partial charge in [0.1, 0.15) is 0 Å². The molecule has 1 N–H and O–H groups in total. The summed E-state index contributed by atoms with van der Waals surface area (Å²) in [6.45, 7) is 0. The minimum atomic E-state index is 0.577. The molecule has 0 aliphatic carbocycles. The fourth-order valence-corrected chi connectivity index (χ4v) is 2.46. The maximum absolute atomic E-state index is 5.85. The highest BCUT2D eigenvalue weighted by Crippen LogP contribution is 2.24. The molecular weight excluding hydrogens is 278 g/mol. The second-order valence-electron chi connectivity index (χ2n) is 3.87. The van der Waals surface area contributed by atoms with Crippen molar-refractivity contribution < 1.29 is 0 Å². The van der Waals surface area contributed by atoms with Gasteiger partial charge >= 0.3 is 0 Å². The molecule has 1 aromatic carbocycles. The van der Waals surface area contributed by atoms with Crippen molar-refractivity contribution in [2.24, 2.45) is 0 Å². The molecule has 0 saturated carbocycles. The van der Waals surface area contributed by atoms with Gasteiger partial charge in [-0.2, -0.15) is 0 Å². The SMILES string of the molecule is Clc1ccc(Nc2nccc(-c3cccs3)n2)cc1. The van der Waals surface area contributed by atoms with Gasteiger partial charge in [-0.05, 0) is 41.8 Å². The summed E-state index contributed by atoms with van der Waals surface area (Å²) < 4.78 is 0. The Hall–Kier alpha value is -1.91. The predicted octanol–water partition coefficient (Wildman–Crippen LogP) is 4.60. The standard InChI is InChI=1S/C14H10ClN3S/c15-10-3-5-11(6-4-10)17-14-16-8-7-12(18-14)13-2-1-9-19-13/h1-9H,(H,16,17,18). The van der Waals surface area contributed by atoms with Crippen LogP contribution in [0.15, 0.2) is 54.0 Å². The van der Waals surface area contributed by atoms with E-state index in [9.17, 15) is 0 Å². The molecule has 94 valence electrons. The number of anilines is 2. The summed E-state index contributed by atoms with van der Waals surface area (Å²) in [5, 5.41) is 5.90. The second kappa shape index (κ2) is 5.38. The molecule has 0 spiro atoms. The molecule has 2 heterocycles. The number of halogens is 1. The lowest BCUT2D eigenvalue weighted by Gasteiger charge is -2.05. The van der Waals surface area contributed by atoms with Crippen LogP contribution in [0.5, 0.6) is 0 Å². The van der Waals surface area contributed by atoms with Crippen LogP contribution in [0.2, 0.25) is 5.02 Å². The molecule has 0 radical (unpaired) electrons. The van der Waals surface area contributed by atoms with Gasteiger partial charge < -0.3 is 5.32 Å². The third-order valence-electron chi connectivity index (χ3n) is 2.53. The first-order valence-electron chi connectivity index (χ1n) is 5.71. The van der Waals surface area contributed by atoms with Crippen molar-refractivity contribution >= 4 is 34.6 Å². The lowest BCUT2D eigenvalue weighted by Crippen LogP contribution is -1.97. The molecule has 0 amide bonds. The number of rotatable bonds is 3. The summed E-state index contributed by atoms with van der Waals surface area (Å²) in [4.78, 5) is 9.83. The molecule has 0 aliphatic rings. The zero-order valence-corrected chi connectivity index (χ0v) is 11.4. The Morgan fingerprint density at radius 2 is 1.89 bits per heavy atom. The van der Waals surface area contributed by atoms with Crippen molar-refractivity contribution in [2.45, 2.75) is 0 Å². The van der Waals surface area contributed by atoms with Crippen molar-refractivity contribution in [1.82, 2.24) is 9.97 Å². The van der Waals surface area contributed by atoms with Crippen molar-refractivity contribution in [3.05, 3.63) is 59.1 Å². The Bertz CT molecular complexity index is 665. The molecule has 0 bridgehead atoms. The van der Waals surface area contributed by atoms with Crippen LogP contribution >= 0.6 is 22.9 Å². The average molecular weight is 288 g/mol. The predicted molar refractivity (Wildman–Crippen MR) is 80.1 cm³/mol. The van der Waals surface area contributed by atoms with Gasteiger partial charge in [0.15, 0.2) is 0 Å². The zero-order chi connectivity index (χ0) is 13.1. The van der Waals surface area contributed by atoms with Crippen LogP contribution in [-0.2, 0) is 0 Å². The highest BCUT2D eigenvalue weighted by molar-refractivity contribution is 7.13. The Kier molecular flexibility index (Phi) is 3.44. The van der Waals surface area contributed by atoms with Gasteiger partial charge in [-0.25, -0.2) is 9.97 Å². The number of nitrogens with one attached hydrogen (secondary N) is 1. The first-order chi connectivity index (χ1) is 9.31. The van der Waals surface area contributed by atoms with E-state index < -0.39 is 0 Å². The third kappa shape index (κ3) is 2.92. The Morgan fingerprint density at radius 1 is 1.05 bits per heavy atom. The second-order valence-corrected chi connectivity index (χ2v) is 5.26. The van der Waals surface area contributed by atoms with Crippen molar-refractivity contribution in [2.75, 3.05) is 5.32 Å². The van der Waals surface area contributed by atoms with Gasteiger partial charge in [0, 0.05) is 16.9 Å². The average Bonchev–Trinajstić information content (AvgIpc) is 2.96. The van der Waals surface area contributed by atoms with E-state index in [1.54, 1.807) is 17.5 Å². The first-order valence-corrected chi connectivity index (χ1v) is 6.96. The lowest BCUT2D eigenvalue weighted by molar-refractivity contribution is 1.17. The van der Waals surface area contributed by atoms with Gasteiger partial charge in [0.25, 0.3) is 0 Å². The minimum absolute atomic E-state index is 0.577. The fraction of sp³-hybridized carbons (Fsp3) is 0. The Morgan fingerprint density at radius 3 is 2.63 bits per heavy atom. The van der Waals surface area contributed by atoms with Crippen molar-refractivity contribution in [3.8, 4) is 10.6 Å². The summed E-state index contributed by atoms with van der Waals surface area (Å²) in [5.74, 6) is 0.577. The van der Waals surface area contributed by atoms with E-state index in [1.165, 1.54) is 0 Å². The van der Waals surface area contributed by atoms with Gasteiger partial charge in [-0.1, -0.05) is 17.7 Å². The topological polar surface area (TPSA) is 37.8 Å². The van der Waals surface area contributed by atoms with Crippen LogP contribution in [0.1, 0.15) is 0 Å². The summed E-state index contributed by atoms with van der Waals surface area (Å²) >= 11 is 7.51. The molecule has 0 aliphatic heterocycles. The van der Waals surface area contributed by atoms with Gasteiger partial charge in [-0.3, -0.25) is 0 Å². The van der Waals surface area contributed by atoms with Crippen LogP contribution in [-0.4, -0.2) is 9.97 Å². The number of aromatic nitrogens is 2. The number of nitrogens with zero attached hydrogens (tertiary/aromatic N) is 2. The van der Waals surface area contributed by atoms with Crippen molar-refractivity contribution in [3.63, 3.8) is 0 Å². The molecule has 0 unspecified atom stereocenters. The molecule has 0 fully saturated rings. The van der Waals surface area contributed by atoms with Gasteiger partial charge in [0.2, 0.25) is 5.95 Å². The molecule has 5 heteroatoms. The highest BCUT2D eigenvalue weighted by Gasteiger charge is 2.03.